The van der Waals surface area contributed by atoms with Crippen molar-refractivity contribution in [3.05, 3.63) is 70.6 Å². The smallest absolute Gasteiger partial charge is 0.137 e. The Balaban J connectivity index is 1.77. The highest BCUT2D eigenvalue weighted by Gasteiger charge is 2.01. The number of nitrogens with zero attached hydrogens (tertiary/aromatic N) is 1. The number of benzene rings is 2. The third-order valence-corrected chi connectivity index (χ3v) is 3.66. The molecule has 2 aromatic carbocycles. The molecule has 0 spiro atoms. The number of halogens is 2. The zero-order valence-corrected chi connectivity index (χ0v) is 12.2. The fraction of sp³-hybridized carbons (Fsp3) is 0.0625. The second-order valence-corrected chi connectivity index (χ2v) is 5.33. The first-order valence-electron chi connectivity index (χ1n) is 6.26. The molecule has 0 bridgehead atoms. The largest absolute Gasteiger partial charge is 0.379 e. The highest BCUT2D eigenvalue weighted by atomic mass is 79.9. The highest BCUT2D eigenvalue weighted by Crippen LogP contribution is 2.20. The summed E-state index contributed by atoms with van der Waals surface area (Å²) >= 11 is 3.17. The number of anilines is 1. The molecule has 0 fully saturated rings. The third kappa shape index (κ3) is 2.80. The first-order chi connectivity index (χ1) is 9.72. The molecule has 2 nitrogen and oxygen atoms in total. The van der Waals surface area contributed by atoms with Crippen molar-refractivity contribution in [3.8, 4) is 0 Å². The topological polar surface area (TPSA) is 24.9 Å². The summed E-state index contributed by atoms with van der Waals surface area (Å²) in [6.45, 7) is 0.600. The van der Waals surface area contributed by atoms with Gasteiger partial charge in [-0.1, -0.05) is 24.3 Å². The van der Waals surface area contributed by atoms with Crippen LogP contribution in [0, 0.1) is 5.82 Å². The van der Waals surface area contributed by atoms with Gasteiger partial charge in [-0.05, 0) is 46.3 Å². The van der Waals surface area contributed by atoms with E-state index in [1.807, 2.05) is 30.3 Å². The number of aromatic nitrogens is 1. The number of pyridine rings is 1. The van der Waals surface area contributed by atoms with Gasteiger partial charge in [-0.15, -0.1) is 0 Å². The Morgan fingerprint density at radius 2 is 1.90 bits per heavy atom. The Hall–Kier alpha value is -1.94. The van der Waals surface area contributed by atoms with Gasteiger partial charge in [0.2, 0.25) is 0 Å². The molecule has 0 atom stereocenters. The second-order valence-electron chi connectivity index (χ2n) is 4.48. The minimum atomic E-state index is -0.264. The average Bonchev–Trinajstić information content (AvgIpc) is 2.48. The third-order valence-electron chi connectivity index (χ3n) is 3.05. The van der Waals surface area contributed by atoms with Crippen molar-refractivity contribution in [2.24, 2.45) is 0 Å². The first kappa shape index (κ1) is 13.1. The maximum absolute atomic E-state index is 13.1. The number of hydrogen-bond acceptors (Lipinski definition) is 2. The van der Waals surface area contributed by atoms with Gasteiger partial charge in [0, 0.05) is 11.1 Å². The van der Waals surface area contributed by atoms with Crippen molar-refractivity contribution in [2.45, 2.75) is 6.54 Å². The Morgan fingerprint density at radius 1 is 1.05 bits per heavy atom. The molecule has 0 aliphatic carbocycles. The van der Waals surface area contributed by atoms with Crippen molar-refractivity contribution < 1.29 is 4.39 Å². The summed E-state index contributed by atoms with van der Waals surface area (Å²) in [7, 11) is 0. The van der Waals surface area contributed by atoms with E-state index < -0.39 is 0 Å². The molecule has 1 aromatic heterocycles. The first-order valence-corrected chi connectivity index (χ1v) is 7.05. The number of nitrogens with one attached hydrogen (secondary N) is 1. The van der Waals surface area contributed by atoms with Crippen LogP contribution in [-0.2, 0) is 6.54 Å². The predicted octanol–water partition coefficient (Wildman–Crippen LogP) is 4.75. The van der Waals surface area contributed by atoms with Crippen LogP contribution in [0.15, 0.2) is 59.1 Å². The summed E-state index contributed by atoms with van der Waals surface area (Å²) < 4.78 is 13.6. The summed E-state index contributed by atoms with van der Waals surface area (Å²) in [5.74, 6) is -0.264. The molecule has 0 aliphatic heterocycles. The maximum Gasteiger partial charge on any atom is 0.137 e. The standard InChI is InChI=1S/C16H12BrFN2/c17-14-9-12(7-8-15(14)18)19-10-13-6-5-11-3-1-2-4-16(11)20-13/h1-9,19H,10H2. The fourth-order valence-corrected chi connectivity index (χ4v) is 2.38. The van der Waals surface area contributed by atoms with Crippen LogP contribution in [0.3, 0.4) is 0 Å². The van der Waals surface area contributed by atoms with E-state index in [1.165, 1.54) is 6.07 Å². The van der Waals surface area contributed by atoms with Gasteiger partial charge in [-0.2, -0.15) is 0 Å². The SMILES string of the molecule is Fc1ccc(NCc2ccc3ccccc3n2)cc1Br. The number of rotatable bonds is 3. The van der Waals surface area contributed by atoms with Crippen LogP contribution in [0.1, 0.15) is 5.69 Å². The molecule has 20 heavy (non-hydrogen) atoms. The molecule has 0 amide bonds. The van der Waals surface area contributed by atoms with E-state index in [1.54, 1.807) is 12.1 Å². The molecular weight excluding hydrogens is 319 g/mol. The highest BCUT2D eigenvalue weighted by molar-refractivity contribution is 9.10. The van der Waals surface area contributed by atoms with Crippen molar-refractivity contribution in [1.82, 2.24) is 4.98 Å². The summed E-state index contributed by atoms with van der Waals surface area (Å²) in [6, 6.07) is 16.9. The molecule has 0 saturated heterocycles. The zero-order chi connectivity index (χ0) is 13.9. The van der Waals surface area contributed by atoms with Crippen molar-refractivity contribution in [2.75, 3.05) is 5.32 Å². The summed E-state index contributed by atoms with van der Waals surface area (Å²) in [6.07, 6.45) is 0. The van der Waals surface area contributed by atoms with Crippen molar-refractivity contribution in [3.63, 3.8) is 0 Å². The van der Waals surface area contributed by atoms with Gasteiger partial charge in [-0.25, -0.2) is 4.39 Å². The molecule has 1 heterocycles. The molecule has 3 aromatic rings. The Labute approximate surface area is 124 Å². The number of fused-ring (bicyclic) bond motifs is 1. The van der Waals surface area contributed by atoms with Gasteiger partial charge in [0.05, 0.1) is 22.2 Å². The van der Waals surface area contributed by atoms with E-state index in [4.69, 9.17) is 0 Å². The van der Waals surface area contributed by atoms with E-state index in [0.29, 0.717) is 11.0 Å². The number of hydrogen-bond donors (Lipinski definition) is 1. The van der Waals surface area contributed by atoms with Gasteiger partial charge in [0.15, 0.2) is 0 Å². The predicted molar refractivity (Wildman–Crippen MR) is 83.2 cm³/mol. The summed E-state index contributed by atoms with van der Waals surface area (Å²) in [4.78, 5) is 4.58. The van der Waals surface area contributed by atoms with Crippen LogP contribution in [0.5, 0.6) is 0 Å². The minimum absolute atomic E-state index is 0.264. The Kier molecular flexibility index (Phi) is 3.65. The molecule has 0 radical (unpaired) electrons. The van der Waals surface area contributed by atoms with Gasteiger partial charge in [0.25, 0.3) is 0 Å². The quantitative estimate of drug-likeness (QED) is 0.749. The lowest BCUT2D eigenvalue weighted by Crippen LogP contribution is -2.01. The molecule has 100 valence electrons. The fourth-order valence-electron chi connectivity index (χ4n) is 2.01. The summed E-state index contributed by atoms with van der Waals surface area (Å²) in [5.41, 5.74) is 2.78. The maximum atomic E-state index is 13.1. The molecular formula is C16H12BrFN2. The van der Waals surface area contributed by atoms with Gasteiger partial charge in [0.1, 0.15) is 5.82 Å². The van der Waals surface area contributed by atoms with Crippen LogP contribution < -0.4 is 5.32 Å². The Morgan fingerprint density at radius 3 is 2.75 bits per heavy atom. The van der Waals surface area contributed by atoms with Gasteiger partial charge < -0.3 is 5.32 Å². The molecule has 0 aliphatic rings. The van der Waals surface area contributed by atoms with E-state index in [2.05, 4.69) is 32.3 Å². The lowest BCUT2D eigenvalue weighted by molar-refractivity contribution is 0.621. The van der Waals surface area contributed by atoms with E-state index in [9.17, 15) is 4.39 Å². The van der Waals surface area contributed by atoms with E-state index in [0.717, 1.165) is 22.3 Å². The van der Waals surface area contributed by atoms with E-state index >= 15 is 0 Å². The molecule has 1 N–H and O–H groups in total. The monoisotopic (exact) mass is 330 g/mol. The average molecular weight is 331 g/mol. The lowest BCUT2D eigenvalue weighted by atomic mass is 10.2. The normalized spacial score (nSPS) is 10.7. The lowest BCUT2D eigenvalue weighted by Gasteiger charge is -2.07. The van der Waals surface area contributed by atoms with Crippen LogP contribution in [-0.4, -0.2) is 4.98 Å². The van der Waals surface area contributed by atoms with Crippen molar-refractivity contribution >= 4 is 32.5 Å². The van der Waals surface area contributed by atoms with Crippen LogP contribution >= 0.6 is 15.9 Å². The van der Waals surface area contributed by atoms with Crippen LogP contribution in [0.25, 0.3) is 10.9 Å². The molecule has 3 rings (SSSR count). The van der Waals surface area contributed by atoms with Crippen LogP contribution in [0.4, 0.5) is 10.1 Å². The van der Waals surface area contributed by atoms with Crippen LogP contribution in [0.2, 0.25) is 0 Å². The zero-order valence-electron chi connectivity index (χ0n) is 10.6. The molecule has 0 saturated carbocycles. The van der Waals surface area contributed by atoms with Gasteiger partial charge >= 0.3 is 0 Å². The van der Waals surface area contributed by atoms with Gasteiger partial charge in [-0.3, -0.25) is 4.98 Å². The Bertz CT molecular complexity index is 758. The van der Waals surface area contributed by atoms with Crippen molar-refractivity contribution in [1.29, 1.82) is 0 Å². The summed E-state index contributed by atoms with van der Waals surface area (Å²) in [5, 5.41) is 4.36. The molecule has 4 heteroatoms. The molecule has 0 unspecified atom stereocenters. The minimum Gasteiger partial charge on any atom is -0.379 e. The second kappa shape index (κ2) is 5.59. The van der Waals surface area contributed by atoms with E-state index in [-0.39, 0.29) is 5.82 Å². The number of para-hydroxylation sites is 1.